The summed E-state index contributed by atoms with van der Waals surface area (Å²) < 4.78 is 17.2. The van der Waals surface area contributed by atoms with Crippen LogP contribution in [0.4, 0.5) is 5.69 Å². The third-order valence-electron chi connectivity index (χ3n) is 5.25. The molecule has 2 aromatic carbocycles. The van der Waals surface area contributed by atoms with E-state index in [0.717, 1.165) is 11.1 Å². The number of carbonyl (C=O) groups excluding carboxylic acids is 2. The van der Waals surface area contributed by atoms with Crippen LogP contribution in [0.3, 0.4) is 0 Å². The van der Waals surface area contributed by atoms with E-state index in [1.807, 2.05) is 38.1 Å². The van der Waals surface area contributed by atoms with Gasteiger partial charge in [-0.15, -0.1) is 0 Å². The van der Waals surface area contributed by atoms with Crippen molar-refractivity contribution >= 4 is 33.5 Å². The Morgan fingerprint density at radius 1 is 1.17 bits per heavy atom. The second-order valence-electron chi connectivity index (χ2n) is 8.01. The maximum absolute atomic E-state index is 12.8. The Morgan fingerprint density at radius 3 is 2.49 bits per heavy atom. The van der Waals surface area contributed by atoms with E-state index in [-0.39, 0.29) is 41.9 Å². The number of hydrogen-bond acceptors (Lipinski definition) is 7. The van der Waals surface area contributed by atoms with Crippen LogP contribution in [0, 0.1) is 25.2 Å². The molecule has 1 aliphatic heterocycles. The fourth-order valence-electron chi connectivity index (χ4n) is 3.93. The number of nitrogens with one attached hydrogen (secondary N) is 1. The zero-order valence-electron chi connectivity index (χ0n) is 19.9. The topological polar surface area (TPSA) is 124 Å². The molecule has 1 unspecified atom stereocenters. The van der Waals surface area contributed by atoms with Gasteiger partial charge in [0.1, 0.15) is 23.2 Å². The van der Waals surface area contributed by atoms with Crippen LogP contribution in [-0.2, 0) is 19.1 Å². The van der Waals surface area contributed by atoms with Crippen LogP contribution < -0.4 is 15.8 Å². The first-order chi connectivity index (χ1) is 16.6. The number of allylic oxidation sites excluding steroid dienone is 2. The molecule has 1 atom stereocenters. The average Bonchev–Trinajstić information content (AvgIpc) is 2.77. The van der Waals surface area contributed by atoms with Crippen molar-refractivity contribution in [3.8, 4) is 11.8 Å². The van der Waals surface area contributed by atoms with Gasteiger partial charge in [-0.3, -0.25) is 4.79 Å². The van der Waals surface area contributed by atoms with Gasteiger partial charge < -0.3 is 25.3 Å². The molecule has 0 saturated carbocycles. The normalized spacial score (nSPS) is 15.3. The molecule has 3 rings (SSSR count). The fraction of sp³-hybridized carbons (Fsp3) is 0.269. The van der Waals surface area contributed by atoms with Crippen LogP contribution in [0.5, 0.6) is 5.75 Å². The minimum absolute atomic E-state index is 0.0429. The van der Waals surface area contributed by atoms with E-state index in [0.29, 0.717) is 21.5 Å². The Balaban J connectivity index is 1.95. The van der Waals surface area contributed by atoms with Gasteiger partial charge in [0.15, 0.2) is 6.61 Å². The van der Waals surface area contributed by atoms with Crippen LogP contribution in [0.25, 0.3) is 0 Å². The van der Waals surface area contributed by atoms with E-state index >= 15 is 0 Å². The van der Waals surface area contributed by atoms with Crippen molar-refractivity contribution in [2.45, 2.75) is 33.6 Å². The summed E-state index contributed by atoms with van der Waals surface area (Å²) in [6.07, 6.45) is 0. The second kappa shape index (κ2) is 11.1. The number of esters is 1. The summed E-state index contributed by atoms with van der Waals surface area (Å²) in [5.41, 5.74) is 9.36. The highest BCUT2D eigenvalue weighted by Crippen LogP contribution is 2.43. The molecule has 1 aliphatic rings. The van der Waals surface area contributed by atoms with Crippen LogP contribution in [0.15, 0.2) is 63.7 Å². The summed E-state index contributed by atoms with van der Waals surface area (Å²) in [5, 5.41) is 12.7. The molecule has 9 heteroatoms. The van der Waals surface area contributed by atoms with Crippen molar-refractivity contribution in [2.75, 3.05) is 18.5 Å². The van der Waals surface area contributed by atoms with Crippen LogP contribution in [0.2, 0.25) is 0 Å². The monoisotopic (exact) mass is 539 g/mol. The molecule has 0 saturated heterocycles. The number of nitrogens with zero attached hydrogens (tertiary/aromatic N) is 1. The summed E-state index contributed by atoms with van der Waals surface area (Å²) in [6.45, 7) is 7.01. The third-order valence-corrected chi connectivity index (χ3v) is 5.74. The van der Waals surface area contributed by atoms with Crippen LogP contribution >= 0.6 is 15.9 Å². The maximum atomic E-state index is 12.8. The molecular weight excluding hydrogens is 514 g/mol. The molecule has 2 aromatic rings. The number of hydrogen-bond donors (Lipinski definition) is 2. The van der Waals surface area contributed by atoms with Gasteiger partial charge >= 0.3 is 5.97 Å². The highest BCUT2D eigenvalue weighted by molar-refractivity contribution is 9.10. The van der Waals surface area contributed by atoms with E-state index in [2.05, 4.69) is 21.2 Å². The first-order valence-electron chi connectivity index (χ1n) is 10.9. The number of carbonyl (C=O) groups is 2. The minimum Gasteiger partial charge on any atom is -0.483 e. The summed E-state index contributed by atoms with van der Waals surface area (Å²) in [5.74, 6) is -1.46. The summed E-state index contributed by atoms with van der Waals surface area (Å²) >= 11 is 3.43. The van der Waals surface area contributed by atoms with Gasteiger partial charge in [0, 0.05) is 15.7 Å². The molecule has 1 heterocycles. The van der Waals surface area contributed by atoms with Gasteiger partial charge in [0.25, 0.3) is 5.91 Å². The predicted molar refractivity (Wildman–Crippen MR) is 134 cm³/mol. The average molecular weight is 540 g/mol. The van der Waals surface area contributed by atoms with Gasteiger partial charge in [0.2, 0.25) is 5.88 Å². The molecule has 0 radical (unpaired) electrons. The predicted octanol–water partition coefficient (Wildman–Crippen LogP) is 4.73. The minimum atomic E-state index is -0.900. The lowest BCUT2D eigenvalue weighted by atomic mass is 9.82. The zero-order chi connectivity index (χ0) is 25.7. The number of benzene rings is 2. The van der Waals surface area contributed by atoms with Crippen LogP contribution in [-0.4, -0.2) is 25.1 Å². The number of ether oxygens (including phenoxy) is 3. The second-order valence-corrected chi connectivity index (χ2v) is 8.93. The van der Waals surface area contributed by atoms with Gasteiger partial charge in [0.05, 0.1) is 18.1 Å². The quantitative estimate of drug-likeness (QED) is 0.487. The summed E-state index contributed by atoms with van der Waals surface area (Å²) in [6, 6.07) is 12.9. The standard InChI is InChI=1S/C26H26BrN3O5/c1-5-33-26(32)23-16(4)35-25(29)20(12-28)24(23)19-11-17(27)6-7-21(19)34-13-22(31)30-18-9-14(2)8-15(3)10-18/h6-11,24H,5,13,29H2,1-4H3,(H,30,31). The molecule has 35 heavy (non-hydrogen) atoms. The maximum Gasteiger partial charge on any atom is 0.338 e. The van der Waals surface area contributed by atoms with E-state index < -0.39 is 11.9 Å². The smallest absolute Gasteiger partial charge is 0.338 e. The SMILES string of the molecule is CCOC(=O)C1=C(C)OC(N)=C(C#N)C1c1cc(Br)ccc1OCC(=O)Nc1cc(C)cc(C)c1. The number of aryl methyl sites for hydroxylation is 2. The Morgan fingerprint density at radius 2 is 1.86 bits per heavy atom. The first kappa shape index (κ1) is 25.8. The van der Waals surface area contributed by atoms with Gasteiger partial charge in [-0.1, -0.05) is 22.0 Å². The molecule has 1 amide bonds. The highest BCUT2D eigenvalue weighted by Gasteiger charge is 2.38. The molecule has 182 valence electrons. The molecule has 0 aromatic heterocycles. The summed E-state index contributed by atoms with van der Waals surface area (Å²) in [7, 11) is 0. The lowest BCUT2D eigenvalue weighted by molar-refractivity contribution is -0.139. The van der Waals surface area contributed by atoms with Crippen molar-refractivity contribution in [3.05, 3.63) is 80.3 Å². The Labute approximate surface area is 212 Å². The number of anilines is 1. The summed E-state index contributed by atoms with van der Waals surface area (Å²) in [4.78, 5) is 25.4. The Hall–Kier alpha value is -3.77. The van der Waals surface area contributed by atoms with Gasteiger partial charge in [-0.05, 0) is 69.2 Å². The molecule has 3 N–H and O–H groups in total. The van der Waals surface area contributed by atoms with Crippen molar-refractivity contribution in [2.24, 2.45) is 5.73 Å². The molecule has 8 nitrogen and oxygen atoms in total. The number of nitriles is 1. The third kappa shape index (κ3) is 6.03. The molecular formula is C26H26BrN3O5. The van der Waals surface area contributed by atoms with Gasteiger partial charge in [-0.25, -0.2) is 4.79 Å². The van der Waals surface area contributed by atoms with E-state index in [4.69, 9.17) is 19.9 Å². The lowest BCUT2D eigenvalue weighted by Gasteiger charge is -2.28. The largest absolute Gasteiger partial charge is 0.483 e. The number of halogens is 1. The van der Waals surface area contributed by atoms with Crippen molar-refractivity contribution in [3.63, 3.8) is 0 Å². The molecule has 0 bridgehead atoms. The van der Waals surface area contributed by atoms with E-state index in [9.17, 15) is 14.9 Å². The number of nitrogens with two attached hydrogens (primary N) is 1. The number of amides is 1. The molecule has 0 spiro atoms. The van der Waals surface area contributed by atoms with E-state index in [1.165, 1.54) is 0 Å². The zero-order valence-corrected chi connectivity index (χ0v) is 21.5. The lowest BCUT2D eigenvalue weighted by Crippen LogP contribution is -2.26. The molecule has 0 aliphatic carbocycles. The number of rotatable bonds is 7. The van der Waals surface area contributed by atoms with Crippen molar-refractivity contribution in [1.29, 1.82) is 5.26 Å². The van der Waals surface area contributed by atoms with Gasteiger partial charge in [-0.2, -0.15) is 5.26 Å². The van der Waals surface area contributed by atoms with Crippen LogP contribution in [0.1, 0.15) is 36.5 Å². The van der Waals surface area contributed by atoms with Crippen molar-refractivity contribution < 1.29 is 23.8 Å². The Kier molecular flexibility index (Phi) is 8.20. The highest BCUT2D eigenvalue weighted by atomic mass is 79.9. The Bertz CT molecular complexity index is 1260. The molecule has 0 fully saturated rings. The first-order valence-corrected chi connectivity index (χ1v) is 11.7. The fourth-order valence-corrected chi connectivity index (χ4v) is 4.31. The van der Waals surface area contributed by atoms with E-state index in [1.54, 1.807) is 32.0 Å². The van der Waals surface area contributed by atoms with Crippen molar-refractivity contribution in [1.82, 2.24) is 0 Å².